The second-order valence-corrected chi connectivity index (χ2v) is 9.01. The first-order valence-corrected chi connectivity index (χ1v) is 9.38. The van der Waals surface area contributed by atoms with Crippen LogP contribution in [0, 0.1) is 6.92 Å². The molecular weight excluding hydrogens is 308 g/mol. The monoisotopic (exact) mass is 332 g/mol. The highest BCUT2D eigenvalue weighted by Crippen LogP contribution is 2.38. The Balaban J connectivity index is 2.29. The molecule has 2 rings (SSSR count). The number of sulfonamides is 1. The minimum absolute atomic E-state index is 0.0505. The van der Waals surface area contributed by atoms with Crippen molar-refractivity contribution in [1.82, 2.24) is 9.21 Å². The molecule has 0 radical (unpaired) electrons. The van der Waals surface area contributed by atoms with Crippen LogP contribution in [0.2, 0.25) is 0 Å². The molecule has 21 heavy (non-hydrogen) atoms. The van der Waals surface area contributed by atoms with E-state index in [1.54, 1.807) is 19.4 Å². The van der Waals surface area contributed by atoms with Crippen LogP contribution in [0.4, 0.5) is 0 Å². The van der Waals surface area contributed by atoms with Crippen molar-refractivity contribution in [2.75, 3.05) is 27.7 Å². The van der Waals surface area contributed by atoms with Crippen molar-refractivity contribution in [2.24, 2.45) is 0 Å². The van der Waals surface area contributed by atoms with Crippen molar-refractivity contribution in [3.8, 4) is 0 Å². The predicted molar refractivity (Wildman–Crippen MR) is 85.1 cm³/mol. The normalized spacial score (nSPS) is 18.2. The molecule has 7 heteroatoms. The van der Waals surface area contributed by atoms with Crippen LogP contribution in [0.25, 0.3) is 0 Å². The topological polar surface area (TPSA) is 60.9 Å². The Morgan fingerprint density at radius 2 is 1.95 bits per heavy atom. The lowest BCUT2D eigenvalue weighted by atomic mass is 9.75. The van der Waals surface area contributed by atoms with Crippen LogP contribution in [0.3, 0.4) is 0 Å². The van der Waals surface area contributed by atoms with Crippen LogP contribution in [-0.2, 0) is 16.6 Å². The molecule has 0 unspecified atom stereocenters. The molecule has 0 spiro atoms. The highest BCUT2D eigenvalue weighted by molar-refractivity contribution is 7.89. The molecule has 1 aliphatic rings. The van der Waals surface area contributed by atoms with Crippen LogP contribution >= 0.6 is 11.3 Å². The van der Waals surface area contributed by atoms with Gasteiger partial charge in [0.1, 0.15) is 4.90 Å². The molecule has 1 aliphatic carbocycles. The van der Waals surface area contributed by atoms with Gasteiger partial charge in [-0.25, -0.2) is 8.42 Å². The molecule has 0 bridgehead atoms. The molecule has 120 valence electrons. The van der Waals surface area contributed by atoms with E-state index in [0.717, 1.165) is 19.3 Å². The lowest BCUT2D eigenvalue weighted by molar-refractivity contribution is 0.0455. The van der Waals surface area contributed by atoms with Crippen LogP contribution in [-0.4, -0.2) is 56.0 Å². The predicted octanol–water partition coefficient (Wildman–Crippen LogP) is 1.65. The third-order valence-corrected chi connectivity index (χ3v) is 7.80. The summed E-state index contributed by atoms with van der Waals surface area (Å²) in [7, 11) is 2.10. The molecule has 0 saturated heterocycles. The van der Waals surface area contributed by atoms with E-state index in [9.17, 15) is 13.5 Å². The van der Waals surface area contributed by atoms with Crippen molar-refractivity contribution in [2.45, 2.75) is 43.2 Å². The maximum atomic E-state index is 12.8. The van der Waals surface area contributed by atoms with E-state index in [1.807, 2.05) is 14.1 Å². The molecule has 1 fully saturated rings. The third kappa shape index (κ3) is 2.90. The van der Waals surface area contributed by atoms with Gasteiger partial charge in [0, 0.05) is 19.1 Å². The van der Waals surface area contributed by atoms with Crippen LogP contribution in [0.15, 0.2) is 10.3 Å². The summed E-state index contributed by atoms with van der Waals surface area (Å²) in [5.74, 6) is 0. The summed E-state index contributed by atoms with van der Waals surface area (Å²) in [6.07, 6.45) is 3.19. The van der Waals surface area contributed by atoms with Gasteiger partial charge in [-0.1, -0.05) is 0 Å². The molecule has 1 aromatic rings. The average Bonchev–Trinajstić information content (AvgIpc) is 2.74. The quantitative estimate of drug-likeness (QED) is 0.860. The highest BCUT2D eigenvalue weighted by Gasteiger charge is 2.42. The Morgan fingerprint density at radius 1 is 1.33 bits per heavy atom. The first kappa shape index (κ1) is 16.9. The molecule has 1 aromatic heterocycles. The van der Waals surface area contributed by atoms with E-state index < -0.39 is 10.0 Å². The summed E-state index contributed by atoms with van der Waals surface area (Å²) in [5.41, 5.74) is 0.661. The van der Waals surface area contributed by atoms with Gasteiger partial charge in [-0.2, -0.15) is 4.31 Å². The third-order valence-electron chi connectivity index (χ3n) is 4.55. The molecule has 5 nitrogen and oxygen atoms in total. The van der Waals surface area contributed by atoms with Gasteiger partial charge in [-0.3, -0.25) is 0 Å². The number of hydrogen-bond acceptors (Lipinski definition) is 5. The van der Waals surface area contributed by atoms with Gasteiger partial charge in [-0.05, 0) is 51.2 Å². The molecular formula is C14H24N2O3S2. The second kappa shape index (κ2) is 5.96. The van der Waals surface area contributed by atoms with Gasteiger partial charge in [-0.15, -0.1) is 11.3 Å². The first-order chi connectivity index (χ1) is 9.74. The molecule has 1 saturated carbocycles. The van der Waals surface area contributed by atoms with Gasteiger partial charge in [0.2, 0.25) is 10.0 Å². The number of nitrogens with zero attached hydrogens (tertiary/aromatic N) is 2. The summed E-state index contributed by atoms with van der Waals surface area (Å²) < 4.78 is 27.1. The van der Waals surface area contributed by atoms with Crippen LogP contribution in [0.5, 0.6) is 0 Å². The summed E-state index contributed by atoms with van der Waals surface area (Å²) in [4.78, 5) is 2.94. The fraction of sp³-hybridized carbons (Fsp3) is 0.714. The number of aliphatic hydroxyl groups is 1. The SMILES string of the molecule is Cc1csc(CO)c1S(=O)(=O)N(C)CC1(N(C)C)CCC1. The van der Waals surface area contributed by atoms with Gasteiger partial charge < -0.3 is 10.0 Å². The van der Waals surface area contributed by atoms with Gasteiger partial charge in [0.05, 0.1) is 11.5 Å². The minimum Gasteiger partial charge on any atom is -0.391 e. The number of likely N-dealkylation sites (N-methyl/N-ethyl adjacent to an activating group) is 2. The van der Waals surface area contributed by atoms with Crippen LogP contribution < -0.4 is 0 Å². The maximum absolute atomic E-state index is 12.8. The fourth-order valence-corrected chi connectivity index (χ4v) is 5.78. The Bertz CT molecular complexity index is 604. The van der Waals surface area contributed by atoms with Gasteiger partial charge in [0.15, 0.2) is 0 Å². The summed E-state index contributed by atoms with van der Waals surface area (Å²) >= 11 is 1.30. The van der Waals surface area contributed by atoms with E-state index in [-0.39, 0.29) is 17.0 Å². The zero-order chi connectivity index (χ0) is 15.8. The summed E-state index contributed by atoms with van der Waals surface area (Å²) in [5, 5.41) is 11.2. The van der Waals surface area contributed by atoms with E-state index in [2.05, 4.69) is 4.90 Å². The lowest BCUT2D eigenvalue weighted by Crippen LogP contribution is -2.57. The standard InChI is InChI=1S/C14H24N2O3S2/c1-11-9-20-12(8-17)13(11)21(18,19)16(4)10-14(15(2)3)6-5-7-14/h9,17H,5-8,10H2,1-4H3. The lowest BCUT2D eigenvalue weighted by Gasteiger charge is -2.49. The second-order valence-electron chi connectivity index (χ2n) is 6.06. The number of thiophene rings is 1. The average molecular weight is 332 g/mol. The first-order valence-electron chi connectivity index (χ1n) is 7.06. The summed E-state index contributed by atoms with van der Waals surface area (Å²) in [6.45, 7) is 2.03. The highest BCUT2D eigenvalue weighted by atomic mass is 32.2. The smallest absolute Gasteiger partial charge is 0.244 e. The fourth-order valence-electron chi connectivity index (χ4n) is 2.93. The molecule has 0 amide bonds. The Kier molecular flexibility index (Phi) is 4.80. The van der Waals surface area contributed by atoms with Crippen molar-refractivity contribution < 1.29 is 13.5 Å². The van der Waals surface area contributed by atoms with E-state index >= 15 is 0 Å². The minimum atomic E-state index is -3.55. The number of hydrogen-bond donors (Lipinski definition) is 1. The van der Waals surface area contributed by atoms with Crippen molar-refractivity contribution in [3.63, 3.8) is 0 Å². The molecule has 0 aliphatic heterocycles. The van der Waals surface area contributed by atoms with Crippen molar-refractivity contribution >= 4 is 21.4 Å². The molecule has 1 heterocycles. The largest absolute Gasteiger partial charge is 0.391 e. The van der Waals surface area contributed by atoms with E-state index in [0.29, 0.717) is 17.0 Å². The van der Waals surface area contributed by atoms with Gasteiger partial charge >= 0.3 is 0 Å². The zero-order valence-corrected chi connectivity index (χ0v) is 14.7. The maximum Gasteiger partial charge on any atom is 0.244 e. The van der Waals surface area contributed by atoms with Crippen LogP contribution in [0.1, 0.15) is 29.7 Å². The molecule has 0 aromatic carbocycles. The molecule has 0 atom stereocenters. The molecule has 1 N–H and O–H groups in total. The number of rotatable bonds is 6. The zero-order valence-electron chi connectivity index (χ0n) is 13.1. The number of aryl methyl sites for hydroxylation is 1. The summed E-state index contributed by atoms with van der Waals surface area (Å²) in [6, 6.07) is 0. The van der Waals surface area contributed by atoms with Crippen molar-refractivity contribution in [3.05, 3.63) is 15.8 Å². The van der Waals surface area contributed by atoms with Crippen molar-refractivity contribution in [1.29, 1.82) is 0 Å². The Labute approximate surface area is 131 Å². The van der Waals surface area contributed by atoms with E-state index in [1.165, 1.54) is 15.6 Å². The Morgan fingerprint density at radius 3 is 2.38 bits per heavy atom. The van der Waals surface area contributed by atoms with E-state index in [4.69, 9.17) is 0 Å². The number of aliphatic hydroxyl groups excluding tert-OH is 1. The Hall–Kier alpha value is -0.470. The van der Waals surface area contributed by atoms with Gasteiger partial charge in [0.25, 0.3) is 0 Å².